The van der Waals surface area contributed by atoms with Gasteiger partial charge >= 0.3 is 0 Å². The van der Waals surface area contributed by atoms with Gasteiger partial charge in [-0.2, -0.15) is 0 Å². The molecule has 0 aliphatic carbocycles. The number of methoxy groups -OCH3 is 1. The Kier molecular flexibility index (Phi) is 6.49. The average molecular weight is 292 g/mol. The number of piperidine rings is 1. The smallest absolute Gasteiger partial charge is 0.119 e. The Labute approximate surface area is 128 Å². The van der Waals surface area contributed by atoms with Crippen molar-refractivity contribution in [3.05, 3.63) is 29.8 Å². The number of likely N-dealkylation sites (tertiary alicyclic amines) is 1. The van der Waals surface area contributed by atoms with Crippen molar-refractivity contribution in [1.29, 1.82) is 0 Å². The molecule has 0 saturated carbocycles. The quantitative estimate of drug-likeness (QED) is 0.839. The molecule has 0 aromatic heterocycles. The summed E-state index contributed by atoms with van der Waals surface area (Å²) in [7, 11) is 1.70. The van der Waals surface area contributed by atoms with E-state index in [1.807, 2.05) is 12.1 Å². The topological polar surface area (TPSA) is 47.7 Å². The largest absolute Gasteiger partial charge is 0.497 e. The number of hydrogen-bond donors (Lipinski definition) is 1. The summed E-state index contributed by atoms with van der Waals surface area (Å²) in [5.74, 6) is 0.891. The first kappa shape index (κ1) is 16.3. The van der Waals surface area contributed by atoms with E-state index in [0.29, 0.717) is 12.6 Å². The number of benzene rings is 1. The second-order valence-electron chi connectivity index (χ2n) is 5.66. The van der Waals surface area contributed by atoms with E-state index in [9.17, 15) is 0 Å². The van der Waals surface area contributed by atoms with E-state index in [2.05, 4.69) is 24.0 Å². The van der Waals surface area contributed by atoms with E-state index < -0.39 is 0 Å². The van der Waals surface area contributed by atoms with E-state index in [1.54, 1.807) is 7.11 Å². The highest BCUT2D eigenvalue weighted by Crippen LogP contribution is 2.27. The van der Waals surface area contributed by atoms with Gasteiger partial charge in [-0.1, -0.05) is 19.1 Å². The van der Waals surface area contributed by atoms with Crippen LogP contribution < -0.4 is 10.5 Å². The van der Waals surface area contributed by atoms with Gasteiger partial charge in [0.15, 0.2) is 0 Å². The van der Waals surface area contributed by atoms with E-state index >= 15 is 0 Å². The summed E-state index contributed by atoms with van der Waals surface area (Å²) in [5, 5.41) is 0. The van der Waals surface area contributed by atoms with Crippen LogP contribution >= 0.6 is 0 Å². The predicted octanol–water partition coefficient (Wildman–Crippen LogP) is 2.59. The van der Waals surface area contributed by atoms with Gasteiger partial charge in [0.2, 0.25) is 0 Å². The first-order chi connectivity index (χ1) is 10.3. The monoisotopic (exact) mass is 292 g/mol. The highest BCUT2D eigenvalue weighted by atomic mass is 16.5. The first-order valence-electron chi connectivity index (χ1n) is 7.98. The van der Waals surface area contributed by atoms with Crippen LogP contribution in [0.3, 0.4) is 0 Å². The van der Waals surface area contributed by atoms with Gasteiger partial charge in [-0.05, 0) is 43.5 Å². The summed E-state index contributed by atoms with van der Waals surface area (Å²) in [6, 6.07) is 8.48. The first-order valence-corrected chi connectivity index (χ1v) is 7.98. The van der Waals surface area contributed by atoms with Gasteiger partial charge < -0.3 is 15.2 Å². The van der Waals surface area contributed by atoms with Crippen molar-refractivity contribution in [1.82, 2.24) is 4.90 Å². The summed E-state index contributed by atoms with van der Waals surface area (Å²) in [4.78, 5) is 2.46. The van der Waals surface area contributed by atoms with E-state index in [1.165, 1.54) is 12.0 Å². The van der Waals surface area contributed by atoms with Crippen LogP contribution in [-0.4, -0.2) is 44.4 Å². The molecule has 1 aliphatic rings. The van der Waals surface area contributed by atoms with Crippen molar-refractivity contribution in [3.63, 3.8) is 0 Å². The third kappa shape index (κ3) is 4.43. The zero-order valence-electron chi connectivity index (χ0n) is 13.3. The molecule has 1 aliphatic heterocycles. The molecule has 1 saturated heterocycles. The predicted molar refractivity (Wildman–Crippen MR) is 85.6 cm³/mol. The lowest BCUT2D eigenvalue weighted by molar-refractivity contribution is -0.0118. The molecule has 2 atom stereocenters. The summed E-state index contributed by atoms with van der Waals surface area (Å²) < 4.78 is 11.3. The molecule has 0 bridgehead atoms. The number of ether oxygens (including phenoxy) is 2. The molecule has 0 amide bonds. The van der Waals surface area contributed by atoms with Crippen molar-refractivity contribution in [2.75, 3.05) is 33.4 Å². The van der Waals surface area contributed by atoms with Crippen LogP contribution in [0.4, 0.5) is 0 Å². The average Bonchev–Trinajstić information content (AvgIpc) is 2.54. The van der Waals surface area contributed by atoms with Crippen molar-refractivity contribution in [2.45, 2.75) is 38.3 Å². The Morgan fingerprint density at radius 1 is 1.43 bits per heavy atom. The molecular weight excluding hydrogens is 264 g/mol. The molecule has 0 radical (unpaired) electrons. The van der Waals surface area contributed by atoms with Gasteiger partial charge in [0.1, 0.15) is 5.75 Å². The van der Waals surface area contributed by atoms with Crippen LogP contribution in [-0.2, 0) is 4.74 Å². The van der Waals surface area contributed by atoms with Gasteiger partial charge in [0, 0.05) is 25.7 Å². The molecule has 2 N–H and O–H groups in total. The summed E-state index contributed by atoms with van der Waals surface area (Å²) in [6.07, 6.45) is 3.76. The molecule has 21 heavy (non-hydrogen) atoms. The van der Waals surface area contributed by atoms with E-state index in [-0.39, 0.29) is 6.04 Å². The van der Waals surface area contributed by atoms with Crippen LogP contribution in [0.25, 0.3) is 0 Å². The summed E-state index contributed by atoms with van der Waals surface area (Å²) >= 11 is 0. The summed E-state index contributed by atoms with van der Waals surface area (Å²) in [6.45, 7) is 5.68. The lowest BCUT2D eigenvalue weighted by atomic mass is 10.0. The Balaban J connectivity index is 2.05. The number of rotatable bonds is 7. The third-order valence-corrected chi connectivity index (χ3v) is 4.11. The van der Waals surface area contributed by atoms with Gasteiger partial charge in [0.05, 0.1) is 13.2 Å². The highest BCUT2D eigenvalue weighted by Gasteiger charge is 2.26. The van der Waals surface area contributed by atoms with Crippen molar-refractivity contribution < 1.29 is 9.47 Å². The van der Waals surface area contributed by atoms with Crippen LogP contribution in [0.1, 0.15) is 37.8 Å². The van der Waals surface area contributed by atoms with Gasteiger partial charge in [0.25, 0.3) is 0 Å². The van der Waals surface area contributed by atoms with Crippen molar-refractivity contribution >= 4 is 0 Å². The lowest BCUT2D eigenvalue weighted by Crippen LogP contribution is -2.44. The molecule has 1 fully saturated rings. The fourth-order valence-corrected chi connectivity index (χ4v) is 3.01. The van der Waals surface area contributed by atoms with E-state index in [0.717, 1.165) is 38.3 Å². The fraction of sp³-hybridized carbons (Fsp3) is 0.647. The van der Waals surface area contributed by atoms with Crippen LogP contribution in [0.2, 0.25) is 0 Å². The Morgan fingerprint density at radius 3 is 3.00 bits per heavy atom. The molecule has 2 rings (SSSR count). The molecule has 4 heteroatoms. The maximum atomic E-state index is 6.05. The maximum Gasteiger partial charge on any atom is 0.119 e. The summed E-state index contributed by atoms with van der Waals surface area (Å²) in [5.41, 5.74) is 7.28. The molecule has 2 unspecified atom stereocenters. The fourth-order valence-electron chi connectivity index (χ4n) is 3.01. The zero-order chi connectivity index (χ0) is 15.1. The normalized spacial score (nSPS) is 21.2. The molecule has 1 aromatic rings. The third-order valence-electron chi connectivity index (χ3n) is 4.11. The molecule has 4 nitrogen and oxygen atoms in total. The van der Waals surface area contributed by atoms with Crippen LogP contribution in [0, 0.1) is 0 Å². The highest BCUT2D eigenvalue weighted by molar-refractivity contribution is 5.30. The van der Waals surface area contributed by atoms with Crippen molar-refractivity contribution in [2.24, 2.45) is 5.73 Å². The number of nitrogens with two attached hydrogens (primary N) is 1. The van der Waals surface area contributed by atoms with Crippen LogP contribution in [0.15, 0.2) is 24.3 Å². The van der Waals surface area contributed by atoms with E-state index in [4.69, 9.17) is 15.2 Å². The minimum absolute atomic E-state index is 0.244. The number of nitrogens with zero attached hydrogens (tertiary/aromatic N) is 1. The second kappa shape index (κ2) is 8.37. The second-order valence-corrected chi connectivity index (χ2v) is 5.66. The molecule has 118 valence electrons. The molecular formula is C17H28N2O2. The SMILES string of the molecule is CCCOC1CCCN(C(CN)c2cccc(OC)c2)C1. The standard InChI is InChI=1S/C17H28N2O2/c1-3-10-21-16-8-5-9-19(13-16)17(12-18)14-6-4-7-15(11-14)20-2/h4,6-7,11,16-17H,3,5,8-10,12-13,18H2,1-2H3. The Hall–Kier alpha value is -1.10. The van der Waals surface area contributed by atoms with Crippen LogP contribution in [0.5, 0.6) is 5.75 Å². The van der Waals surface area contributed by atoms with Gasteiger partial charge in [-0.15, -0.1) is 0 Å². The molecule has 1 heterocycles. The Morgan fingerprint density at radius 2 is 2.29 bits per heavy atom. The van der Waals surface area contributed by atoms with Gasteiger partial charge in [-0.3, -0.25) is 4.90 Å². The maximum absolute atomic E-state index is 6.05. The molecule has 0 spiro atoms. The lowest BCUT2D eigenvalue weighted by Gasteiger charge is -2.38. The molecule has 1 aromatic carbocycles. The zero-order valence-corrected chi connectivity index (χ0v) is 13.3. The van der Waals surface area contributed by atoms with Gasteiger partial charge in [-0.25, -0.2) is 0 Å². The van der Waals surface area contributed by atoms with Crippen molar-refractivity contribution in [3.8, 4) is 5.75 Å². The Bertz CT molecular complexity index is 425. The number of hydrogen-bond acceptors (Lipinski definition) is 4. The minimum atomic E-state index is 0.244. The minimum Gasteiger partial charge on any atom is -0.497 e.